The summed E-state index contributed by atoms with van der Waals surface area (Å²) in [6.07, 6.45) is 2.26. The highest BCUT2D eigenvalue weighted by Crippen LogP contribution is 2.05. The van der Waals surface area contributed by atoms with Crippen molar-refractivity contribution in [2.75, 3.05) is 6.54 Å². The largest absolute Gasteiger partial charge is 0.393 e. The summed E-state index contributed by atoms with van der Waals surface area (Å²) in [5, 5.41) is 13.8. The second-order valence-electron chi connectivity index (χ2n) is 4.19. The van der Waals surface area contributed by atoms with Crippen molar-refractivity contribution in [1.82, 2.24) is 14.8 Å². The Morgan fingerprint density at radius 2 is 2.27 bits per heavy atom. The molecule has 0 radical (unpaired) electrons. The van der Waals surface area contributed by atoms with Crippen LogP contribution < -0.4 is 5.73 Å². The first-order valence-electron chi connectivity index (χ1n) is 5.38. The number of nitrogens with zero attached hydrogens (tertiary/aromatic N) is 3. The minimum absolute atomic E-state index is 0.412. The van der Waals surface area contributed by atoms with Gasteiger partial charge in [-0.15, -0.1) is 0 Å². The lowest BCUT2D eigenvalue weighted by Gasteiger charge is -2.11. The van der Waals surface area contributed by atoms with E-state index >= 15 is 0 Å². The predicted octanol–water partition coefficient (Wildman–Crippen LogP) is 0.186. The van der Waals surface area contributed by atoms with Gasteiger partial charge in [-0.2, -0.15) is 5.10 Å². The van der Waals surface area contributed by atoms with E-state index in [9.17, 15) is 5.11 Å². The van der Waals surface area contributed by atoms with Gasteiger partial charge >= 0.3 is 0 Å². The van der Waals surface area contributed by atoms with Gasteiger partial charge in [0.25, 0.3) is 0 Å². The average molecular weight is 212 g/mol. The Hall–Kier alpha value is -0.940. The molecule has 0 aliphatic carbocycles. The molecule has 3 N–H and O–H groups in total. The minimum atomic E-state index is -0.412. The van der Waals surface area contributed by atoms with E-state index in [4.69, 9.17) is 5.73 Å². The maximum absolute atomic E-state index is 9.62. The summed E-state index contributed by atoms with van der Waals surface area (Å²) in [7, 11) is 0. The molecule has 1 unspecified atom stereocenters. The Morgan fingerprint density at radius 1 is 1.53 bits per heavy atom. The van der Waals surface area contributed by atoms with Crippen molar-refractivity contribution in [1.29, 1.82) is 0 Å². The topological polar surface area (TPSA) is 77.0 Å². The highest BCUT2D eigenvalue weighted by molar-refractivity contribution is 4.87. The smallest absolute Gasteiger partial charge is 0.138 e. The van der Waals surface area contributed by atoms with Crippen LogP contribution in [0.2, 0.25) is 0 Å². The summed E-state index contributed by atoms with van der Waals surface area (Å²) in [6, 6.07) is 0. The van der Waals surface area contributed by atoms with Crippen LogP contribution in [0.15, 0.2) is 6.33 Å². The second kappa shape index (κ2) is 5.82. The molecule has 0 aromatic carbocycles. The molecule has 0 saturated carbocycles. The first-order chi connectivity index (χ1) is 7.13. The van der Waals surface area contributed by atoms with Gasteiger partial charge in [0, 0.05) is 13.0 Å². The first kappa shape index (κ1) is 12.1. The van der Waals surface area contributed by atoms with Crippen LogP contribution in [-0.4, -0.2) is 32.5 Å². The Kier molecular flexibility index (Phi) is 4.71. The van der Waals surface area contributed by atoms with Crippen molar-refractivity contribution in [2.24, 2.45) is 11.7 Å². The molecule has 0 bridgehead atoms. The van der Waals surface area contributed by atoms with E-state index in [1.54, 1.807) is 0 Å². The average Bonchev–Trinajstić information content (AvgIpc) is 2.52. The van der Waals surface area contributed by atoms with Gasteiger partial charge in [-0.3, -0.25) is 0 Å². The molecule has 1 rings (SSSR count). The van der Waals surface area contributed by atoms with E-state index in [-0.39, 0.29) is 0 Å². The Morgan fingerprint density at radius 3 is 2.87 bits per heavy atom. The number of nitrogens with two attached hydrogens (primary N) is 1. The minimum Gasteiger partial charge on any atom is -0.393 e. The highest BCUT2D eigenvalue weighted by atomic mass is 16.3. The molecule has 5 heteroatoms. The molecule has 0 saturated heterocycles. The number of rotatable bonds is 6. The Balaban J connectivity index is 2.56. The van der Waals surface area contributed by atoms with E-state index in [1.165, 1.54) is 6.33 Å². The molecule has 86 valence electrons. The maximum atomic E-state index is 9.62. The van der Waals surface area contributed by atoms with Gasteiger partial charge in [0.15, 0.2) is 0 Å². The van der Waals surface area contributed by atoms with Crippen molar-refractivity contribution in [3.8, 4) is 0 Å². The fraction of sp³-hybridized carbons (Fsp3) is 0.800. The predicted molar refractivity (Wildman–Crippen MR) is 58.2 cm³/mol. The van der Waals surface area contributed by atoms with Gasteiger partial charge in [-0.25, -0.2) is 9.67 Å². The molecule has 0 spiro atoms. The van der Waals surface area contributed by atoms with Gasteiger partial charge in [0.2, 0.25) is 0 Å². The molecule has 0 fully saturated rings. The number of hydrogen-bond donors (Lipinski definition) is 2. The van der Waals surface area contributed by atoms with Crippen molar-refractivity contribution >= 4 is 0 Å². The summed E-state index contributed by atoms with van der Waals surface area (Å²) in [5.74, 6) is 1.36. The SMILES string of the molecule is CC(C)Cn1ncnc1CC(O)CCN. The molecule has 1 heterocycles. The normalized spacial score (nSPS) is 13.4. The molecule has 1 aromatic rings. The third-order valence-corrected chi connectivity index (χ3v) is 2.15. The van der Waals surface area contributed by atoms with Gasteiger partial charge < -0.3 is 10.8 Å². The first-order valence-corrected chi connectivity index (χ1v) is 5.38. The van der Waals surface area contributed by atoms with Crippen LogP contribution in [0, 0.1) is 5.92 Å². The zero-order chi connectivity index (χ0) is 11.3. The summed E-state index contributed by atoms with van der Waals surface area (Å²) < 4.78 is 1.85. The maximum Gasteiger partial charge on any atom is 0.138 e. The monoisotopic (exact) mass is 212 g/mol. The van der Waals surface area contributed by atoms with Crippen molar-refractivity contribution < 1.29 is 5.11 Å². The van der Waals surface area contributed by atoms with Crippen molar-refractivity contribution in [3.63, 3.8) is 0 Å². The van der Waals surface area contributed by atoms with Gasteiger partial charge in [0.05, 0.1) is 6.10 Å². The number of hydrogen-bond acceptors (Lipinski definition) is 4. The fourth-order valence-electron chi connectivity index (χ4n) is 1.45. The van der Waals surface area contributed by atoms with Crippen molar-refractivity contribution in [2.45, 2.75) is 39.3 Å². The van der Waals surface area contributed by atoms with Crippen LogP contribution >= 0.6 is 0 Å². The molecule has 0 aliphatic rings. The summed E-state index contributed by atoms with van der Waals surface area (Å²) >= 11 is 0. The lowest BCUT2D eigenvalue weighted by atomic mass is 10.1. The van der Waals surface area contributed by atoms with Crippen LogP contribution in [0.25, 0.3) is 0 Å². The quantitative estimate of drug-likeness (QED) is 0.705. The van der Waals surface area contributed by atoms with Crippen LogP contribution in [-0.2, 0) is 13.0 Å². The molecular weight excluding hydrogens is 192 g/mol. The standard InChI is InChI=1S/C10H20N4O/c1-8(2)6-14-10(12-7-13-14)5-9(15)3-4-11/h7-9,15H,3-6,11H2,1-2H3. The third kappa shape index (κ3) is 3.97. The number of aliphatic hydroxyl groups is 1. The fourth-order valence-corrected chi connectivity index (χ4v) is 1.45. The Bertz CT molecular complexity index is 285. The van der Waals surface area contributed by atoms with Crippen LogP contribution in [0.5, 0.6) is 0 Å². The molecule has 0 amide bonds. The number of aliphatic hydroxyl groups excluding tert-OH is 1. The van der Waals surface area contributed by atoms with Gasteiger partial charge in [-0.1, -0.05) is 13.8 Å². The van der Waals surface area contributed by atoms with Gasteiger partial charge in [0.1, 0.15) is 12.2 Å². The zero-order valence-electron chi connectivity index (χ0n) is 9.43. The second-order valence-corrected chi connectivity index (χ2v) is 4.19. The van der Waals surface area contributed by atoms with Gasteiger partial charge in [-0.05, 0) is 18.9 Å². The summed E-state index contributed by atoms with van der Waals surface area (Å²) in [6.45, 7) is 5.59. The Labute approximate surface area is 90.3 Å². The van der Waals surface area contributed by atoms with E-state index in [1.807, 2.05) is 4.68 Å². The number of aromatic nitrogens is 3. The summed E-state index contributed by atoms with van der Waals surface area (Å²) in [5.41, 5.74) is 5.37. The molecule has 15 heavy (non-hydrogen) atoms. The summed E-state index contributed by atoms with van der Waals surface area (Å²) in [4.78, 5) is 4.14. The van der Waals surface area contributed by atoms with Crippen LogP contribution in [0.1, 0.15) is 26.1 Å². The molecule has 5 nitrogen and oxygen atoms in total. The highest BCUT2D eigenvalue weighted by Gasteiger charge is 2.11. The van der Waals surface area contributed by atoms with E-state index < -0.39 is 6.10 Å². The lowest BCUT2D eigenvalue weighted by Crippen LogP contribution is -2.20. The van der Waals surface area contributed by atoms with E-state index in [0.717, 1.165) is 12.4 Å². The van der Waals surface area contributed by atoms with Crippen molar-refractivity contribution in [3.05, 3.63) is 12.2 Å². The molecule has 1 atom stereocenters. The van der Waals surface area contributed by atoms with E-state index in [2.05, 4.69) is 23.9 Å². The van der Waals surface area contributed by atoms with Crippen LogP contribution in [0.4, 0.5) is 0 Å². The zero-order valence-corrected chi connectivity index (χ0v) is 9.43. The lowest BCUT2D eigenvalue weighted by molar-refractivity contribution is 0.163. The molecule has 0 aliphatic heterocycles. The van der Waals surface area contributed by atoms with Crippen LogP contribution in [0.3, 0.4) is 0 Å². The third-order valence-electron chi connectivity index (χ3n) is 2.15. The molecular formula is C10H20N4O. The van der Waals surface area contributed by atoms with E-state index in [0.29, 0.717) is 25.3 Å². The molecule has 1 aromatic heterocycles.